The number of ether oxygens (including phenoxy) is 3. The molecule has 0 aromatic rings. The van der Waals surface area contributed by atoms with Crippen LogP contribution in [0.5, 0.6) is 0 Å². The van der Waals surface area contributed by atoms with Crippen LogP contribution in [0.25, 0.3) is 0 Å². The lowest BCUT2D eigenvalue weighted by molar-refractivity contribution is -0.166. The van der Waals surface area contributed by atoms with Crippen molar-refractivity contribution in [1.29, 1.82) is 0 Å². The molecular weight excluding hydrogens is 829 g/mol. The third-order valence-corrected chi connectivity index (χ3v) is 11.2. The number of unbranched alkanes of at least 4 members (excludes halogenated alkanes) is 19. The fourth-order valence-electron chi connectivity index (χ4n) is 7.07. The van der Waals surface area contributed by atoms with E-state index < -0.39 is 6.10 Å². The van der Waals surface area contributed by atoms with Crippen molar-refractivity contribution >= 4 is 17.9 Å². The standard InChI is InChI=1S/C61H100O6/c1-4-7-10-13-16-19-22-25-28-29-30-31-34-36-39-42-45-48-51-54-60(63)66-57-58(67-61(64)55-52-49-46-43-40-37-33-27-24-21-18-15-12-9-6-3)56-65-59(62)53-50-47-44-41-38-35-32-26-23-20-17-14-11-8-5-2/h16-17,19-20,25-28,30-33,36,38-39,41,45,48,58H,4-15,18,21-24,29,34-35,37,40,42-44,46-47,49-57H2,1-3H3/b19-16-,20-17-,28-25-,31-30-,32-26-,33-27-,39-36-,41-38-,48-45-/t58-/m0/s1. The molecule has 1 atom stereocenters. The van der Waals surface area contributed by atoms with Crippen molar-refractivity contribution in [3.8, 4) is 0 Å². The van der Waals surface area contributed by atoms with Gasteiger partial charge in [-0.05, 0) is 122 Å². The van der Waals surface area contributed by atoms with Crippen LogP contribution in [0.15, 0.2) is 109 Å². The van der Waals surface area contributed by atoms with Crippen molar-refractivity contribution in [3.05, 3.63) is 109 Å². The van der Waals surface area contributed by atoms with Crippen molar-refractivity contribution in [1.82, 2.24) is 0 Å². The Morgan fingerprint density at radius 2 is 0.567 bits per heavy atom. The van der Waals surface area contributed by atoms with E-state index in [-0.39, 0.29) is 37.5 Å². The summed E-state index contributed by atoms with van der Waals surface area (Å²) in [6.07, 6.45) is 73.7. The molecule has 0 heterocycles. The molecule has 6 nitrogen and oxygen atoms in total. The highest BCUT2D eigenvalue weighted by Gasteiger charge is 2.19. The molecule has 0 bridgehead atoms. The number of esters is 3. The molecule has 0 spiro atoms. The quantitative estimate of drug-likeness (QED) is 0.0262. The zero-order valence-electron chi connectivity index (χ0n) is 43.4. The van der Waals surface area contributed by atoms with Gasteiger partial charge in [-0.2, -0.15) is 0 Å². The Hall–Kier alpha value is -3.93. The summed E-state index contributed by atoms with van der Waals surface area (Å²) in [4.78, 5) is 38.0. The van der Waals surface area contributed by atoms with E-state index in [0.29, 0.717) is 25.7 Å². The van der Waals surface area contributed by atoms with Crippen molar-refractivity contribution in [2.45, 2.75) is 245 Å². The summed E-state index contributed by atoms with van der Waals surface area (Å²) >= 11 is 0. The van der Waals surface area contributed by atoms with Gasteiger partial charge >= 0.3 is 17.9 Å². The van der Waals surface area contributed by atoms with Gasteiger partial charge < -0.3 is 14.2 Å². The van der Waals surface area contributed by atoms with Gasteiger partial charge in [-0.1, -0.05) is 207 Å². The maximum Gasteiger partial charge on any atom is 0.306 e. The van der Waals surface area contributed by atoms with Crippen LogP contribution in [-0.2, 0) is 28.6 Å². The van der Waals surface area contributed by atoms with E-state index in [1.54, 1.807) is 0 Å². The SMILES string of the molecule is CCCCC/C=C\C/C=C\C/C=C\C/C=C\C/C=C\CCC(=O)OC[C@H](COC(=O)CCCC/C=C\C/C=C\C/C=C\CCCCC)OC(=O)CCCCCCC/C=C\CCCCCCCC. The summed E-state index contributed by atoms with van der Waals surface area (Å²) < 4.78 is 16.7. The van der Waals surface area contributed by atoms with E-state index in [0.717, 1.165) is 83.5 Å². The lowest BCUT2D eigenvalue weighted by Gasteiger charge is -2.18. The summed E-state index contributed by atoms with van der Waals surface area (Å²) in [5.74, 6) is -1.06. The average molecular weight is 929 g/mol. The fraction of sp³-hybridized carbons (Fsp3) is 0.656. The lowest BCUT2D eigenvalue weighted by atomic mass is 10.1. The summed E-state index contributed by atoms with van der Waals surface area (Å²) in [6, 6.07) is 0. The van der Waals surface area contributed by atoms with Crippen LogP contribution in [0.2, 0.25) is 0 Å². The van der Waals surface area contributed by atoms with E-state index in [9.17, 15) is 14.4 Å². The molecule has 0 radical (unpaired) electrons. The van der Waals surface area contributed by atoms with Gasteiger partial charge in [0.05, 0.1) is 0 Å². The Bertz CT molecular complexity index is 1390. The highest BCUT2D eigenvalue weighted by atomic mass is 16.6. The van der Waals surface area contributed by atoms with Gasteiger partial charge in [0.1, 0.15) is 13.2 Å². The maximum absolute atomic E-state index is 12.8. The van der Waals surface area contributed by atoms with Gasteiger partial charge in [-0.3, -0.25) is 14.4 Å². The molecule has 0 aliphatic rings. The first-order valence-corrected chi connectivity index (χ1v) is 27.4. The van der Waals surface area contributed by atoms with Crippen LogP contribution in [0.3, 0.4) is 0 Å². The zero-order valence-corrected chi connectivity index (χ0v) is 43.4. The van der Waals surface area contributed by atoms with Crippen LogP contribution < -0.4 is 0 Å². The highest BCUT2D eigenvalue weighted by molar-refractivity contribution is 5.71. The average Bonchev–Trinajstić information content (AvgIpc) is 3.33. The molecule has 380 valence electrons. The molecule has 0 N–H and O–H groups in total. The van der Waals surface area contributed by atoms with Crippen LogP contribution in [0, 0.1) is 0 Å². The Balaban J connectivity index is 4.58. The Labute approximate surface area is 412 Å². The number of allylic oxidation sites excluding steroid dienone is 18. The summed E-state index contributed by atoms with van der Waals surface area (Å²) in [5, 5.41) is 0. The smallest absolute Gasteiger partial charge is 0.306 e. The normalized spacial score (nSPS) is 12.9. The molecule has 0 fully saturated rings. The minimum Gasteiger partial charge on any atom is -0.462 e. The van der Waals surface area contributed by atoms with Gasteiger partial charge in [0.25, 0.3) is 0 Å². The van der Waals surface area contributed by atoms with Crippen LogP contribution in [0.4, 0.5) is 0 Å². The van der Waals surface area contributed by atoms with Crippen LogP contribution in [-0.4, -0.2) is 37.2 Å². The van der Waals surface area contributed by atoms with Gasteiger partial charge in [0.2, 0.25) is 0 Å². The van der Waals surface area contributed by atoms with Crippen molar-refractivity contribution < 1.29 is 28.6 Å². The first kappa shape index (κ1) is 63.1. The molecule has 0 amide bonds. The predicted molar refractivity (Wildman–Crippen MR) is 288 cm³/mol. The highest BCUT2D eigenvalue weighted by Crippen LogP contribution is 2.12. The maximum atomic E-state index is 12.8. The summed E-state index contributed by atoms with van der Waals surface area (Å²) in [5.41, 5.74) is 0. The van der Waals surface area contributed by atoms with E-state index in [1.807, 2.05) is 6.08 Å². The van der Waals surface area contributed by atoms with Gasteiger partial charge in [0, 0.05) is 19.3 Å². The van der Waals surface area contributed by atoms with Crippen LogP contribution in [0.1, 0.15) is 239 Å². The molecule has 0 aromatic carbocycles. The number of hydrogen-bond donors (Lipinski definition) is 0. The Morgan fingerprint density at radius 3 is 1.00 bits per heavy atom. The van der Waals surface area contributed by atoms with Crippen molar-refractivity contribution in [2.24, 2.45) is 0 Å². The second kappa shape index (κ2) is 54.7. The molecule has 0 saturated heterocycles. The minimum absolute atomic E-state index is 0.126. The minimum atomic E-state index is -0.830. The topological polar surface area (TPSA) is 78.9 Å². The van der Waals surface area contributed by atoms with E-state index in [1.165, 1.54) is 103 Å². The fourth-order valence-corrected chi connectivity index (χ4v) is 7.07. The number of hydrogen-bond acceptors (Lipinski definition) is 6. The molecule has 0 aliphatic heterocycles. The monoisotopic (exact) mass is 929 g/mol. The molecular formula is C61H100O6. The van der Waals surface area contributed by atoms with Crippen molar-refractivity contribution in [2.75, 3.05) is 13.2 Å². The number of carbonyl (C=O) groups excluding carboxylic acids is 3. The van der Waals surface area contributed by atoms with E-state index in [2.05, 4.69) is 124 Å². The first-order chi connectivity index (χ1) is 33.0. The number of carbonyl (C=O) groups is 3. The van der Waals surface area contributed by atoms with E-state index >= 15 is 0 Å². The lowest BCUT2D eigenvalue weighted by Crippen LogP contribution is -2.30. The van der Waals surface area contributed by atoms with Gasteiger partial charge in [-0.25, -0.2) is 0 Å². The van der Waals surface area contributed by atoms with Crippen molar-refractivity contribution in [3.63, 3.8) is 0 Å². The molecule has 0 unspecified atom stereocenters. The second-order valence-corrected chi connectivity index (χ2v) is 17.8. The molecule has 0 rings (SSSR count). The summed E-state index contributed by atoms with van der Waals surface area (Å²) in [6.45, 7) is 6.46. The third kappa shape index (κ3) is 52.9. The van der Waals surface area contributed by atoms with Gasteiger partial charge in [-0.15, -0.1) is 0 Å². The third-order valence-electron chi connectivity index (χ3n) is 11.2. The van der Waals surface area contributed by atoms with Crippen LogP contribution >= 0.6 is 0 Å². The predicted octanol–water partition coefficient (Wildman–Crippen LogP) is 18.3. The zero-order chi connectivity index (χ0) is 48.6. The Morgan fingerprint density at radius 1 is 0.299 bits per heavy atom. The first-order valence-electron chi connectivity index (χ1n) is 27.4. The molecule has 0 aliphatic carbocycles. The molecule has 6 heteroatoms. The summed E-state index contributed by atoms with van der Waals surface area (Å²) in [7, 11) is 0. The largest absolute Gasteiger partial charge is 0.462 e. The second-order valence-electron chi connectivity index (χ2n) is 17.8. The molecule has 0 aromatic heterocycles. The molecule has 0 saturated carbocycles. The number of rotatable bonds is 48. The van der Waals surface area contributed by atoms with Gasteiger partial charge in [0.15, 0.2) is 6.10 Å². The van der Waals surface area contributed by atoms with E-state index in [4.69, 9.17) is 14.2 Å². The Kier molecular flexibility index (Phi) is 51.5. The molecule has 67 heavy (non-hydrogen) atoms.